The lowest BCUT2D eigenvalue weighted by Crippen LogP contribution is -2.29. The number of esters is 1. The number of anilines is 2. The molecule has 12 heteroatoms. The maximum Gasteiger partial charge on any atom is 0.339 e. The Morgan fingerprint density at radius 1 is 1.17 bits per heavy atom. The molecule has 0 atom stereocenters. The molecule has 0 fully saturated rings. The molecular formula is C18H18N4O8. The van der Waals surface area contributed by atoms with E-state index in [9.17, 15) is 29.3 Å². The van der Waals surface area contributed by atoms with Crippen LogP contribution in [0.2, 0.25) is 0 Å². The van der Waals surface area contributed by atoms with Gasteiger partial charge in [0.1, 0.15) is 12.3 Å². The van der Waals surface area contributed by atoms with Crippen LogP contribution in [0.4, 0.5) is 17.1 Å². The van der Waals surface area contributed by atoms with Gasteiger partial charge in [-0.3, -0.25) is 29.1 Å². The molecule has 1 aromatic heterocycles. The van der Waals surface area contributed by atoms with Gasteiger partial charge < -0.3 is 20.1 Å². The number of carbonyl (C=O) groups excluding carboxylic acids is 3. The Hall–Kier alpha value is -4.22. The van der Waals surface area contributed by atoms with E-state index in [0.717, 1.165) is 23.9 Å². The Morgan fingerprint density at radius 3 is 2.43 bits per heavy atom. The summed E-state index contributed by atoms with van der Waals surface area (Å²) in [6, 6.07) is 5.29. The quantitative estimate of drug-likeness (QED) is 0.385. The number of pyridine rings is 1. The van der Waals surface area contributed by atoms with Gasteiger partial charge in [-0.1, -0.05) is 0 Å². The van der Waals surface area contributed by atoms with Crippen LogP contribution in [-0.2, 0) is 20.9 Å². The fourth-order valence-electron chi connectivity index (χ4n) is 2.53. The second-order valence-electron chi connectivity index (χ2n) is 5.94. The van der Waals surface area contributed by atoms with Crippen LogP contribution in [-0.4, -0.2) is 41.5 Å². The van der Waals surface area contributed by atoms with Crippen molar-refractivity contribution in [3.8, 4) is 5.75 Å². The number of hydrogen-bond acceptors (Lipinski definition) is 8. The summed E-state index contributed by atoms with van der Waals surface area (Å²) in [7, 11) is 2.45. The van der Waals surface area contributed by atoms with E-state index in [2.05, 4.69) is 15.4 Å². The summed E-state index contributed by atoms with van der Waals surface area (Å²) >= 11 is 0. The van der Waals surface area contributed by atoms with Crippen molar-refractivity contribution in [1.82, 2.24) is 4.57 Å². The summed E-state index contributed by atoms with van der Waals surface area (Å²) < 4.78 is 10.4. The Bertz CT molecular complexity index is 1080. The van der Waals surface area contributed by atoms with Gasteiger partial charge in [0.25, 0.3) is 0 Å². The van der Waals surface area contributed by atoms with E-state index in [-0.39, 0.29) is 22.9 Å². The van der Waals surface area contributed by atoms with Gasteiger partial charge in [0.2, 0.25) is 11.8 Å². The SMILES string of the molecule is COC(=O)c1cc([N+](=O)[O-])c(=O)n(CC(=O)Nc2cc(NC(C)=O)ccc2OC)c1. The fourth-order valence-corrected chi connectivity index (χ4v) is 2.53. The molecule has 0 radical (unpaired) electrons. The zero-order chi connectivity index (χ0) is 22.4. The molecule has 12 nitrogen and oxygen atoms in total. The molecule has 0 bridgehead atoms. The lowest BCUT2D eigenvalue weighted by molar-refractivity contribution is -0.386. The minimum atomic E-state index is -1.07. The van der Waals surface area contributed by atoms with Crippen molar-refractivity contribution >= 4 is 34.8 Å². The van der Waals surface area contributed by atoms with E-state index in [1.807, 2.05) is 0 Å². The third-order valence-corrected chi connectivity index (χ3v) is 3.79. The number of benzene rings is 1. The topological polar surface area (TPSA) is 159 Å². The Morgan fingerprint density at radius 2 is 1.87 bits per heavy atom. The third kappa shape index (κ3) is 5.19. The minimum absolute atomic E-state index is 0.195. The van der Waals surface area contributed by atoms with Gasteiger partial charge in [-0.15, -0.1) is 0 Å². The second kappa shape index (κ2) is 9.32. The predicted octanol–water partition coefficient (Wildman–Crippen LogP) is 1.15. The number of nitrogens with zero attached hydrogens (tertiary/aromatic N) is 2. The molecule has 0 aliphatic rings. The maximum atomic E-state index is 12.5. The largest absolute Gasteiger partial charge is 0.495 e. The van der Waals surface area contributed by atoms with Gasteiger partial charge in [-0.05, 0) is 18.2 Å². The molecule has 0 saturated heterocycles. The molecule has 0 unspecified atom stereocenters. The van der Waals surface area contributed by atoms with Gasteiger partial charge in [-0.25, -0.2) is 4.79 Å². The van der Waals surface area contributed by atoms with Gasteiger partial charge >= 0.3 is 17.2 Å². The van der Waals surface area contributed by atoms with Crippen LogP contribution < -0.4 is 20.9 Å². The number of hydrogen-bond donors (Lipinski definition) is 2. The first-order valence-corrected chi connectivity index (χ1v) is 8.39. The van der Waals surface area contributed by atoms with E-state index >= 15 is 0 Å². The molecule has 2 N–H and O–H groups in total. The molecule has 2 aromatic rings. The minimum Gasteiger partial charge on any atom is -0.495 e. The van der Waals surface area contributed by atoms with Crippen molar-refractivity contribution in [1.29, 1.82) is 0 Å². The highest BCUT2D eigenvalue weighted by Crippen LogP contribution is 2.28. The van der Waals surface area contributed by atoms with Crippen LogP contribution >= 0.6 is 0 Å². The van der Waals surface area contributed by atoms with Gasteiger partial charge in [0, 0.05) is 24.9 Å². The molecule has 0 aliphatic heterocycles. The molecule has 158 valence electrons. The molecule has 0 saturated carbocycles. The molecule has 30 heavy (non-hydrogen) atoms. The second-order valence-corrected chi connectivity index (χ2v) is 5.94. The average Bonchev–Trinajstić information content (AvgIpc) is 2.68. The fraction of sp³-hybridized carbons (Fsp3) is 0.222. The lowest BCUT2D eigenvalue weighted by Gasteiger charge is -2.13. The third-order valence-electron chi connectivity index (χ3n) is 3.79. The standard InChI is InChI=1S/C18H18N4O8/c1-10(23)19-12-4-5-15(29-2)13(7-12)20-16(24)9-21-8-11(18(26)30-3)6-14(17(21)25)22(27)28/h4-8H,9H2,1-3H3,(H,19,23)(H,20,24). The van der Waals surface area contributed by atoms with Gasteiger partial charge in [0.15, 0.2) is 0 Å². The summed E-state index contributed by atoms with van der Waals surface area (Å²) in [5, 5.41) is 16.2. The predicted molar refractivity (Wildman–Crippen MR) is 105 cm³/mol. The van der Waals surface area contributed by atoms with Crippen molar-refractivity contribution in [2.45, 2.75) is 13.5 Å². The van der Waals surface area contributed by atoms with E-state index in [0.29, 0.717) is 5.69 Å². The van der Waals surface area contributed by atoms with Crippen molar-refractivity contribution in [2.75, 3.05) is 24.9 Å². The number of carbonyl (C=O) groups is 3. The summed E-state index contributed by atoms with van der Waals surface area (Å²) in [4.78, 5) is 57.8. The van der Waals surface area contributed by atoms with Crippen LogP contribution in [0.1, 0.15) is 17.3 Å². The summed E-state index contributed by atoms with van der Waals surface area (Å²) in [5.41, 5.74) is -1.63. The summed E-state index contributed by atoms with van der Waals surface area (Å²) in [5.74, 6) is -1.68. The first-order valence-electron chi connectivity index (χ1n) is 8.39. The Kier molecular flexibility index (Phi) is 6.86. The van der Waals surface area contributed by atoms with Crippen molar-refractivity contribution < 1.29 is 28.8 Å². The molecule has 1 heterocycles. The number of aromatic nitrogens is 1. The van der Waals surface area contributed by atoms with E-state index < -0.39 is 34.6 Å². The maximum absolute atomic E-state index is 12.5. The Balaban J connectivity index is 2.35. The highest BCUT2D eigenvalue weighted by atomic mass is 16.6. The van der Waals surface area contributed by atoms with Crippen molar-refractivity contribution in [2.24, 2.45) is 0 Å². The number of nitro groups is 1. The highest BCUT2D eigenvalue weighted by molar-refractivity contribution is 5.95. The lowest BCUT2D eigenvalue weighted by atomic mass is 10.2. The zero-order valence-electron chi connectivity index (χ0n) is 16.3. The molecule has 2 amide bonds. The van der Waals surface area contributed by atoms with E-state index in [1.54, 1.807) is 6.07 Å². The smallest absolute Gasteiger partial charge is 0.339 e. The number of amides is 2. The number of methoxy groups -OCH3 is 2. The number of rotatable bonds is 7. The molecule has 0 aliphatic carbocycles. The van der Waals surface area contributed by atoms with Gasteiger partial charge in [0.05, 0.1) is 30.4 Å². The molecule has 1 aromatic carbocycles. The average molecular weight is 418 g/mol. The summed E-state index contributed by atoms with van der Waals surface area (Å²) in [6.45, 7) is 0.689. The van der Waals surface area contributed by atoms with Crippen LogP contribution in [0.15, 0.2) is 35.3 Å². The molecule has 0 spiro atoms. The van der Waals surface area contributed by atoms with Gasteiger partial charge in [-0.2, -0.15) is 0 Å². The zero-order valence-corrected chi connectivity index (χ0v) is 16.3. The van der Waals surface area contributed by atoms with Crippen molar-refractivity contribution in [3.05, 3.63) is 56.5 Å². The summed E-state index contributed by atoms with van der Waals surface area (Å²) in [6.07, 6.45) is 0.992. The highest BCUT2D eigenvalue weighted by Gasteiger charge is 2.21. The first kappa shape index (κ1) is 22.1. The van der Waals surface area contributed by atoms with E-state index in [4.69, 9.17) is 4.74 Å². The number of nitrogens with one attached hydrogen (secondary N) is 2. The molecular weight excluding hydrogens is 400 g/mol. The van der Waals surface area contributed by atoms with Crippen LogP contribution in [0, 0.1) is 10.1 Å². The molecule has 2 rings (SSSR count). The normalized spacial score (nSPS) is 10.1. The van der Waals surface area contributed by atoms with Crippen molar-refractivity contribution in [3.63, 3.8) is 0 Å². The number of ether oxygens (including phenoxy) is 2. The Labute approximate surface area is 169 Å². The van der Waals surface area contributed by atoms with Crippen LogP contribution in [0.5, 0.6) is 5.75 Å². The van der Waals surface area contributed by atoms with Crippen LogP contribution in [0.25, 0.3) is 0 Å². The first-order chi connectivity index (χ1) is 14.2. The monoisotopic (exact) mass is 418 g/mol. The van der Waals surface area contributed by atoms with E-state index in [1.165, 1.54) is 26.2 Å². The van der Waals surface area contributed by atoms with Crippen LogP contribution in [0.3, 0.4) is 0 Å².